The van der Waals surface area contributed by atoms with Gasteiger partial charge < -0.3 is 9.80 Å². The monoisotopic (exact) mass is 460 g/mol. The Morgan fingerprint density at radius 1 is 0.971 bits per heavy atom. The van der Waals surface area contributed by atoms with Gasteiger partial charge in [-0.25, -0.2) is 4.99 Å². The van der Waals surface area contributed by atoms with E-state index in [-0.39, 0.29) is 0 Å². The maximum Gasteiger partial charge on any atom is 0.0909 e. The summed E-state index contributed by atoms with van der Waals surface area (Å²) in [5.41, 5.74) is 10.0. The number of aryl methyl sites for hydroxylation is 2. The van der Waals surface area contributed by atoms with Crippen LogP contribution in [-0.2, 0) is 6.42 Å². The van der Waals surface area contributed by atoms with Gasteiger partial charge >= 0.3 is 0 Å². The Labute approximate surface area is 208 Å². The molecule has 184 valence electrons. The molecular weight excluding hydrogens is 416 g/mol. The lowest BCUT2D eigenvalue weighted by atomic mass is 9.99. The minimum Gasteiger partial charge on any atom is -0.378 e. The zero-order valence-electron chi connectivity index (χ0n) is 23.0. The molecule has 0 atom stereocenters. The first-order valence-corrected chi connectivity index (χ1v) is 12.2. The van der Waals surface area contributed by atoms with Gasteiger partial charge in [-0.05, 0) is 68.5 Å². The fraction of sp³-hybridized carbons (Fsp3) is 0.400. The lowest BCUT2D eigenvalue weighted by Crippen LogP contribution is -2.14. The fourth-order valence-corrected chi connectivity index (χ4v) is 3.34. The van der Waals surface area contributed by atoms with Crippen molar-refractivity contribution in [1.29, 1.82) is 0 Å². The Hall–Kier alpha value is -3.14. The number of hydrogen-bond acceptors (Lipinski definition) is 3. The smallest absolute Gasteiger partial charge is 0.0909 e. The minimum atomic E-state index is 0.818. The molecule has 0 fully saturated rings. The van der Waals surface area contributed by atoms with Crippen molar-refractivity contribution in [1.82, 2.24) is 9.80 Å². The summed E-state index contributed by atoms with van der Waals surface area (Å²) < 4.78 is 0. The first-order chi connectivity index (χ1) is 16.2. The van der Waals surface area contributed by atoms with Crippen LogP contribution in [0.1, 0.15) is 62.4 Å². The van der Waals surface area contributed by atoms with Crippen LogP contribution in [0.2, 0.25) is 0 Å². The molecule has 0 aromatic heterocycles. The maximum atomic E-state index is 4.94. The van der Waals surface area contributed by atoms with Crippen molar-refractivity contribution in [3.63, 3.8) is 0 Å². The van der Waals surface area contributed by atoms with Crippen molar-refractivity contribution in [2.24, 2.45) is 9.98 Å². The van der Waals surface area contributed by atoms with E-state index in [4.69, 9.17) is 4.99 Å². The second kappa shape index (κ2) is 14.2. The van der Waals surface area contributed by atoms with Gasteiger partial charge in [0.05, 0.1) is 17.7 Å². The maximum absolute atomic E-state index is 4.94. The quantitative estimate of drug-likeness (QED) is 0.286. The number of nitrogens with zero attached hydrogens (tertiary/aromatic N) is 4. The molecule has 0 amide bonds. The summed E-state index contributed by atoms with van der Waals surface area (Å²) in [4.78, 5) is 13.7. The summed E-state index contributed by atoms with van der Waals surface area (Å²) in [5.74, 6) is 0. The molecule has 0 saturated heterocycles. The molecule has 0 aliphatic rings. The molecule has 0 radical (unpaired) electrons. The van der Waals surface area contributed by atoms with Gasteiger partial charge in [0, 0.05) is 45.5 Å². The van der Waals surface area contributed by atoms with E-state index in [0.29, 0.717) is 0 Å². The molecule has 0 aliphatic heterocycles. The Kier molecular flexibility index (Phi) is 12.1. The molecule has 0 saturated carbocycles. The third kappa shape index (κ3) is 8.33. The Morgan fingerprint density at radius 2 is 1.56 bits per heavy atom. The summed E-state index contributed by atoms with van der Waals surface area (Å²) in [5, 5.41) is 0. The predicted octanol–water partition coefficient (Wildman–Crippen LogP) is 7.54. The molecule has 4 nitrogen and oxygen atoms in total. The second-order valence-corrected chi connectivity index (χ2v) is 8.50. The predicted molar refractivity (Wildman–Crippen MR) is 153 cm³/mol. The van der Waals surface area contributed by atoms with Crippen molar-refractivity contribution >= 4 is 29.1 Å². The Morgan fingerprint density at radius 3 is 2.09 bits per heavy atom. The molecule has 4 heteroatoms. The fourth-order valence-electron chi connectivity index (χ4n) is 3.34. The largest absolute Gasteiger partial charge is 0.378 e. The standard InChI is InChI=1S/C28H38N4.C2H6/c1-10-27(25-14-12-24(13-15-25)23(6)31(7)8)30-22(5)18-26-16-21(4)28(17-20(26)3)29-19-32(9)11-2;1-2/h10,12-17,19H,6,11,18H2,1-5,7-9H3;1-2H3/b27-10-,29-19?,30-22?;. The topological polar surface area (TPSA) is 31.2 Å². The van der Waals surface area contributed by atoms with Crippen LogP contribution < -0.4 is 0 Å². The van der Waals surface area contributed by atoms with E-state index in [2.05, 4.69) is 86.6 Å². The number of hydrogen-bond donors (Lipinski definition) is 0. The third-order valence-corrected chi connectivity index (χ3v) is 5.63. The number of benzene rings is 2. The highest BCUT2D eigenvalue weighted by Gasteiger charge is 2.08. The summed E-state index contributed by atoms with van der Waals surface area (Å²) in [6.07, 6.45) is 4.78. The van der Waals surface area contributed by atoms with Crippen molar-refractivity contribution in [2.45, 2.75) is 54.9 Å². The number of allylic oxidation sites excluding steroid dienone is 1. The van der Waals surface area contributed by atoms with E-state index in [1.54, 1.807) is 0 Å². The highest BCUT2D eigenvalue weighted by atomic mass is 15.1. The van der Waals surface area contributed by atoms with Crippen LogP contribution in [0.3, 0.4) is 0 Å². The number of rotatable bonds is 9. The summed E-state index contributed by atoms with van der Waals surface area (Å²) in [6.45, 7) is 19.6. The average Bonchev–Trinajstić information content (AvgIpc) is 2.84. The van der Waals surface area contributed by atoms with Crippen LogP contribution in [0.25, 0.3) is 11.4 Å². The van der Waals surface area contributed by atoms with E-state index in [9.17, 15) is 0 Å². The van der Waals surface area contributed by atoms with Crippen LogP contribution in [0.4, 0.5) is 5.69 Å². The zero-order valence-corrected chi connectivity index (χ0v) is 23.0. The SMILES string of the molecule is C=C(c1ccc(/C(=C/C)N=C(C)Cc2cc(C)c(N=CN(C)CC)cc2C)cc1)N(C)C.CC. The molecule has 2 aromatic rings. The van der Waals surface area contributed by atoms with Crippen LogP contribution >= 0.6 is 0 Å². The molecule has 0 N–H and O–H groups in total. The van der Waals surface area contributed by atoms with Crippen molar-refractivity contribution in [3.05, 3.63) is 76.9 Å². The van der Waals surface area contributed by atoms with Crippen LogP contribution in [-0.4, -0.2) is 49.5 Å². The van der Waals surface area contributed by atoms with E-state index in [1.807, 2.05) is 53.2 Å². The van der Waals surface area contributed by atoms with Gasteiger partial charge in [0.2, 0.25) is 0 Å². The van der Waals surface area contributed by atoms with Crippen LogP contribution in [0.15, 0.2) is 59.0 Å². The van der Waals surface area contributed by atoms with Gasteiger partial charge in [0.1, 0.15) is 0 Å². The number of aliphatic imine (C=N–C) groups is 2. The second-order valence-electron chi connectivity index (χ2n) is 8.50. The molecule has 0 spiro atoms. The van der Waals surface area contributed by atoms with Gasteiger partial charge in [-0.15, -0.1) is 0 Å². The molecular formula is C30H44N4. The lowest BCUT2D eigenvalue weighted by molar-refractivity contribution is 0.552. The third-order valence-electron chi connectivity index (χ3n) is 5.63. The van der Waals surface area contributed by atoms with Gasteiger partial charge in [-0.3, -0.25) is 4.99 Å². The summed E-state index contributed by atoms with van der Waals surface area (Å²) in [6, 6.07) is 12.9. The van der Waals surface area contributed by atoms with Crippen molar-refractivity contribution in [3.8, 4) is 0 Å². The van der Waals surface area contributed by atoms with E-state index in [1.165, 1.54) is 16.7 Å². The molecule has 0 bridgehead atoms. The summed E-state index contributed by atoms with van der Waals surface area (Å²) >= 11 is 0. The molecule has 34 heavy (non-hydrogen) atoms. The first-order valence-electron chi connectivity index (χ1n) is 12.2. The molecule has 0 heterocycles. The Bertz CT molecular complexity index is 1020. The minimum absolute atomic E-state index is 0.818. The zero-order chi connectivity index (χ0) is 25.8. The Balaban J connectivity index is 0.00000281. The molecule has 0 aliphatic carbocycles. The molecule has 0 unspecified atom stereocenters. The van der Waals surface area contributed by atoms with Crippen LogP contribution in [0.5, 0.6) is 0 Å². The van der Waals surface area contributed by atoms with Gasteiger partial charge in [-0.1, -0.05) is 56.8 Å². The lowest BCUT2D eigenvalue weighted by Gasteiger charge is -2.16. The van der Waals surface area contributed by atoms with Crippen molar-refractivity contribution < 1.29 is 0 Å². The highest BCUT2D eigenvalue weighted by molar-refractivity contribution is 5.90. The average molecular weight is 461 g/mol. The van der Waals surface area contributed by atoms with E-state index >= 15 is 0 Å². The van der Waals surface area contributed by atoms with Crippen LogP contribution in [0, 0.1) is 13.8 Å². The highest BCUT2D eigenvalue weighted by Crippen LogP contribution is 2.25. The molecule has 2 aromatic carbocycles. The summed E-state index contributed by atoms with van der Waals surface area (Å²) in [7, 11) is 6.05. The normalized spacial score (nSPS) is 11.8. The van der Waals surface area contributed by atoms with Gasteiger partial charge in [-0.2, -0.15) is 0 Å². The first kappa shape index (κ1) is 28.9. The molecule has 2 rings (SSSR count). The van der Waals surface area contributed by atoms with Gasteiger partial charge in [0.25, 0.3) is 0 Å². The van der Waals surface area contributed by atoms with Gasteiger partial charge in [0.15, 0.2) is 0 Å². The van der Waals surface area contributed by atoms with E-state index in [0.717, 1.165) is 46.9 Å². The van der Waals surface area contributed by atoms with E-state index < -0.39 is 0 Å². The van der Waals surface area contributed by atoms with Crippen molar-refractivity contribution in [2.75, 3.05) is 27.7 Å².